The first-order valence-electron chi connectivity index (χ1n) is 9.10. The Morgan fingerprint density at radius 1 is 1.07 bits per heavy atom. The Morgan fingerprint density at radius 2 is 1.83 bits per heavy atom. The van der Waals surface area contributed by atoms with Gasteiger partial charge in [0.15, 0.2) is 11.0 Å². The number of allylic oxidation sites excluding steroid dienone is 1. The molecule has 0 aliphatic rings. The summed E-state index contributed by atoms with van der Waals surface area (Å²) in [7, 11) is 0. The summed E-state index contributed by atoms with van der Waals surface area (Å²) in [5.41, 5.74) is 2.81. The predicted molar refractivity (Wildman–Crippen MR) is 117 cm³/mol. The van der Waals surface area contributed by atoms with E-state index in [1.54, 1.807) is 11.8 Å². The molecule has 4 rings (SSSR count). The minimum Gasteiger partial charge on any atom is -0.441 e. The number of nitrogens with zero attached hydrogens (tertiary/aromatic N) is 4. The fourth-order valence-corrected chi connectivity index (χ4v) is 3.98. The van der Waals surface area contributed by atoms with E-state index in [0.29, 0.717) is 23.2 Å². The average molecular weight is 423 g/mol. The van der Waals surface area contributed by atoms with Gasteiger partial charge in [-0.1, -0.05) is 59.8 Å². The number of rotatable bonds is 7. The molecule has 0 N–H and O–H groups in total. The van der Waals surface area contributed by atoms with Crippen molar-refractivity contribution in [3.63, 3.8) is 0 Å². The average Bonchev–Trinajstić information content (AvgIpc) is 3.31. The van der Waals surface area contributed by atoms with Gasteiger partial charge >= 0.3 is 0 Å². The second-order valence-corrected chi connectivity index (χ2v) is 7.77. The summed E-state index contributed by atoms with van der Waals surface area (Å²) in [5.74, 6) is 2.84. The lowest BCUT2D eigenvalue weighted by atomic mass is 10.2. The van der Waals surface area contributed by atoms with Gasteiger partial charge in [0, 0.05) is 28.4 Å². The molecule has 5 nitrogen and oxygen atoms in total. The number of aryl methyl sites for hydroxylation is 1. The van der Waals surface area contributed by atoms with E-state index in [9.17, 15) is 0 Å². The third kappa shape index (κ3) is 4.28. The SMILES string of the molecule is C=CCn1c(SCc2nc(-c3ccc(Cl)cc3)oc2C)nnc1-c1ccccc1. The normalized spacial score (nSPS) is 11.0. The first-order chi connectivity index (χ1) is 14.2. The van der Waals surface area contributed by atoms with Gasteiger partial charge in [0.05, 0.1) is 5.69 Å². The molecule has 146 valence electrons. The second-order valence-electron chi connectivity index (χ2n) is 6.39. The Hall–Kier alpha value is -2.83. The fourth-order valence-electron chi connectivity index (χ4n) is 2.90. The lowest BCUT2D eigenvalue weighted by Crippen LogP contribution is -2.00. The first-order valence-corrected chi connectivity index (χ1v) is 10.5. The van der Waals surface area contributed by atoms with E-state index < -0.39 is 0 Å². The van der Waals surface area contributed by atoms with E-state index in [2.05, 4.69) is 26.3 Å². The predicted octanol–water partition coefficient (Wildman–Crippen LogP) is 6.04. The van der Waals surface area contributed by atoms with Gasteiger partial charge < -0.3 is 4.42 Å². The molecule has 7 heteroatoms. The summed E-state index contributed by atoms with van der Waals surface area (Å²) in [4.78, 5) is 4.66. The van der Waals surface area contributed by atoms with Crippen LogP contribution >= 0.6 is 23.4 Å². The van der Waals surface area contributed by atoms with Crippen molar-refractivity contribution < 1.29 is 4.42 Å². The monoisotopic (exact) mass is 422 g/mol. The maximum absolute atomic E-state index is 5.96. The molecule has 0 fully saturated rings. The number of oxazole rings is 1. The van der Waals surface area contributed by atoms with E-state index in [1.807, 2.05) is 67.6 Å². The third-order valence-electron chi connectivity index (χ3n) is 4.38. The van der Waals surface area contributed by atoms with Gasteiger partial charge in [0.1, 0.15) is 5.76 Å². The van der Waals surface area contributed by atoms with Crippen LogP contribution in [0, 0.1) is 6.92 Å². The highest BCUT2D eigenvalue weighted by Gasteiger charge is 2.16. The molecule has 0 aliphatic carbocycles. The quantitative estimate of drug-likeness (QED) is 0.268. The van der Waals surface area contributed by atoms with Crippen LogP contribution in [0.25, 0.3) is 22.8 Å². The van der Waals surface area contributed by atoms with Crippen LogP contribution in [-0.4, -0.2) is 19.7 Å². The van der Waals surface area contributed by atoms with Gasteiger partial charge in [0.2, 0.25) is 5.89 Å². The number of benzene rings is 2. The fraction of sp³-hybridized carbons (Fsp3) is 0.136. The summed E-state index contributed by atoms with van der Waals surface area (Å²) in [6, 6.07) is 17.5. The number of hydrogen-bond acceptors (Lipinski definition) is 5. The molecule has 0 radical (unpaired) electrons. The van der Waals surface area contributed by atoms with Crippen molar-refractivity contribution in [1.29, 1.82) is 0 Å². The summed E-state index contributed by atoms with van der Waals surface area (Å²) >= 11 is 7.54. The van der Waals surface area contributed by atoms with Crippen LogP contribution < -0.4 is 0 Å². The molecule has 4 aromatic rings. The Kier molecular flexibility index (Phi) is 5.83. The minimum atomic E-state index is 0.590. The Labute approximate surface area is 178 Å². The van der Waals surface area contributed by atoms with Crippen LogP contribution in [0.5, 0.6) is 0 Å². The van der Waals surface area contributed by atoms with Crippen molar-refractivity contribution in [2.45, 2.75) is 24.4 Å². The summed E-state index contributed by atoms with van der Waals surface area (Å²) < 4.78 is 7.91. The van der Waals surface area contributed by atoms with Gasteiger partial charge in [-0.25, -0.2) is 4.98 Å². The number of aromatic nitrogens is 4. The van der Waals surface area contributed by atoms with E-state index in [1.165, 1.54) is 0 Å². The number of thioether (sulfide) groups is 1. The summed E-state index contributed by atoms with van der Waals surface area (Å²) in [6.45, 7) is 6.42. The smallest absolute Gasteiger partial charge is 0.226 e. The van der Waals surface area contributed by atoms with Gasteiger partial charge in [-0.05, 0) is 31.2 Å². The van der Waals surface area contributed by atoms with E-state index in [4.69, 9.17) is 16.0 Å². The van der Waals surface area contributed by atoms with Gasteiger partial charge in [-0.15, -0.1) is 16.8 Å². The topological polar surface area (TPSA) is 56.7 Å². The lowest BCUT2D eigenvalue weighted by molar-refractivity contribution is 0.540. The van der Waals surface area contributed by atoms with Gasteiger partial charge in [-0.2, -0.15) is 0 Å². The highest BCUT2D eigenvalue weighted by Crippen LogP contribution is 2.29. The van der Waals surface area contributed by atoms with Crippen molar-refractivity contribution in [1.82, 2.24) is 19.7 Å². The second kappa shape index (κ2) is 8.68. The number of halogens is 1. The van der Waals surface area contributed by atoms with Crippen molar-refractivity contribution in [2.24, 2.45) is 0 Å². The van der Waals surface area contributed by atoms with Gasteiger partial charge in [-0.3, -0.25) is 4.57 Å². The zero-order valence-corrected chi connectivity index (χ0v) is 17.5. The zero-order chi connectivity index (χ0) is 20.2. The van der Waals surface area contributed by atoms with Gasteiger partial charge in [0.25, 0.3) is 0 Å². The number of hydrogen-bond donors (Lipinski definition) is 0. The first kappa shape index (κ1) is 19.5. The summed E-state index contributed by atoms with van der Waals surface area (Å²) in [5, 5.41) is 10.3. The molecule has 0 saturated heterocycles. The molecule has 0 aliphatic heterocycles. The largest absolute Gasteiger partial charge is 0.441 e. The molecule has 0 unspecified atom stereocenters. The van der Waals surface area contributed by atoms with E-state index >= 15 is 0 Å². The van der Waals surface area contributed by atoms with Crippen LogP contribution in [-0.2, 0) is 12.3 Å². The van der Waals surface area contributed by atoms with Crippen LogP contribution in [0.3, 0.4) is 0 Å². The molecule has 0 saturated carbocycles. The van der Waals surface area contributed by atoms with Crippen molar-refractivity contribution in [3.05, 3.63) is 83.7 Å². The molecular formula is C22H19ClN4OS. The molecule has 0 bridgehead atoms. The maximum Gasteiger partial charge on any atom is 0.226 e. The summed E-state index contributed by atoms with van der Waals surface area (Å²) in [6.07, 6.45) is 1.85. The van der Waals surface area contributed by atoms with E-state index in [-0.39, 0.29) is 0 Å². The molecule has 2 aromatic heterocycles. The lowest BCUT2D eigenvalue weighted by Gasteiger charge is -2.07. The molecule has 2 aromatic carbocycles. The molecule has 2 heterocycles. The van der Waals surface area contributed by atoms with Crippen molar-refractivity contribution in [2.75, 3.05) is 0 Å². The third-order valence-corrected chi connectivity index (χ3v) is 5.61. The molecule has 0 spiro atoms. The molecular weight excluding hydrogens is 404 g/mol. The van der Waals surface area contributed by atoms with Crippen LogP contribution in [0.15, 0.2) is 76.8 Å². The molecule has 0 atom stereocenters. The molecule has 0 amide bonds. The highest BCUT2D eigenvalue weighted by atomic mass is 35.5. The maximum atomic E-state index is 5.96. The van der Waals surface area contributed by atoms with E-state index in [0.717, 1.165) is 33.6 Å². The Morgan fingerprint density at radius 3 is 2.55 bits per heavy atom. The van der Waals surface area contributed by atoms with Crippen LogP contribution in [0.4, 0.5) is 0 Å². The van der Waals surface area contributed by atoms with Crippen LogP contribution in [0.1, 0.15) is 11.5 Å². The van der Waals surface area contributed by atoms with Crippen molar-refractivity contribution >= 4 is 23.4 Å². The van der Waals surface area contributed by atoms with Crippen molar-refractivity contribution in [3.8, 4) is 22.8 Å². The highest BCUT2D eigenvalue weighted by molar-refractivity contribution is 7.98. The molecule has 29 heavy (non-hydrogen) atoms. The Bertz CT molecular complexity index is 1120. The van der Waals surface area contributed by atoms with Crippen LogP contribution in [0.2, 0.25) is 5.02 Å². The zero-order valence-electron chi connectivity index (χ0n) is 15.9. The minimum absolute atomic E-state index is 0.590. The standard InChI is InChI=1S/C22H19ClN4OS/c1-3-13-27-20(16-7-5-4-6-8-16)25-26-22(27)29-14-19-15(2)28-21(24-19)17-9-11-18(23)12-10-17/h3-12H,1,13-14H2,2H3. The Balaban J connectivity index is 1.56.